The van der Waals surface area contributed by atoms with Crippen molar-refractivity contribution in [2.75, 3.05) is 18.5 Å². The van der Waals surface area contributed by atoms with Crippen LogP contribution in [0, 0.1) is 6.92 Å². The van der Waals surface area contributed by atoms with Crippen molar-refractivity contribution in [3.63, 3.8) is 0 Å². The molecule has 0 aliphatic carbocycles. The number of ether oxygens (including phenoxy) is 2. The molecular formula is C23H22BrN3O5S. The highest BCUT2D eigenvalue weighted by molar-refractivity contribution is 9.10. The van der Waals surface area contributed by atoms with Gasteiger partial charge in [-0.3, -0.25) is 14.4 Å². The van der Waals surface area contributed by atoms with E-state index in [9.17, 15) is 14.4 Å². The van der Waals surface area contributed by atoms with Crippen LogP contribution in [0.5, 0.6) is 11.5 Å². The average molecular weight is 532 g/mol. The van der Waals surface area contributed by atoms with Crippen molar-refractivity contribution in [2.45, 2.75) is 20.8 Å². The van der Waals surface area contributed by atoms with Gasteiger partial charge in [-0.2, -0.15) is 4.99 Å². The lowest BCUT2D eigenvalue weighted by atomic mass is 10.2. The number of benzene rings is 2. The Bertz CT molecular complexity index is 1160. The van der Waals surface area contributed by atoms with Gasteiger partial charge in [0.1, 0.15) is 0 Å². The SMILES string of the molecule is CCOc1cc(/C=C2\SC(NC(C)=O)=NC2=O)cc(Br)c1OCC(=O)Nc1cccc(C)c1. The lowest BCUT2D eigenvalue weighted by Crippen LogP contribution is -2.23. The number of halogens is 1. The summed E-state index contributed by atoms with van der Waals surface area (Å²) < 4.78 is 12.0. The molecule has 10 heteroatoms. The number of nitrogens with zero attached hydrogens (tertiary/aromatic N) is 1. The number of hydrogen-bond acceptors (Lipinski definition) is 6. The van der Waals surface area contributed by atoms with E-state index in [-0.39, 0.29) is 23.6 Å². The Kier molecular flexibility index (Phi) is 8.29. The van der Waals surface area contributed by atoms with E-state index < -0.39 is 5.91 Å². The van der Waals surface area contributed by atoms with Crippen LogP contribution in [-0.4, -0.2) is 36.1 Å². The summed E-state index contributed by atoms with van der Waals surface area (Å²) in [5.74, 6) is -0.258. The number of aliphatic imine (C=N–C) groups is 1. The van der Waals surface area contributed by atoms with Crippen molar-refractivity contribution < 1.29 is 23.9 Å². The highest BCUT2D eigenvalue weighted by atomic mass is 79.9. The monoisotopic (exact) mass is 531 g/mol. The van der Waals surface area contributed by atoms with Crippen molar-refractivity contribution in [1.82, 2.24) is 5.32 Å². The predicted octanol–water partition coefficient (Wildman–Crippen LogP) is 4.28. The number of thioether (sulfide) groups is 1. The third-order valence-electron chi connectivity index (χ3n) is 4.18. The van der Waals surface area contributed by atoms with Gasteiger partial charge in [-0.25, -0.2) is 0 Å². The minimum atomic E-state index is -0.439. The van der Waals surface area contributed by atoms with Crippen LogP contribution in [-0.2, 0) is 14.4 Å². The molecule has 2 aromatic carbocycles. The zero-order valence-corrected chi connectivity index (χ0v) is 20.6. The first-order chi connectivity index (χ1) is 15.7. The van der Waals surface area contributed by atoms with Gasteiger partial charge < -0.3 is 20.1 Å². The summed E-state index contributed by atoms with van der Waals surface area (Å²) in [6.07, 6.45) is 1.65. The van der Waals surface area contributed by atoms with Crippen molar-refractivity contribution in [3.05, 3.63) is 56.9 Å². The van der Waals surface area contributed by atoms with Crippen LogP contribution in [0.1, 0.15) is 25.0 Å². The maximum atomic E-state index is 12.3. The van der Waals surface area contributed by atoms with Crippen molar-refractivity contribution in [3.8, 4) is 11.5 Å². The molecule has 0 fully saturated rings. The average Bonchev–Trinajstić information content (AvgIpc) is 3.05. The molecule has 8 nitrogen and oxygen atoms in total. The molecule has 3 rings (SSSR count). The minimum absolute atomic E-state index is 0.213. The standard InChI is InChI=1S/C23H22BrN3O5S/c1-4-31-18-10-15(11-19-22(30)27-23(33-19)25-14(3)28)9-17(24)21(18)32-12-20(29)26-16-7-5-6-13(2)8-16/h5-11H,4,12H2,1-3H3,(H,26,29)(H,25,27,28,30)/b19-11-. The van der Waals surface area contributed by atoms with Gasteiger partial charge in [0.2, 0.25) is 5.91 Å². The van der Waals surface area contributed by atoms with Crippen molar-refractivity contribution >= 4 is 62.3 Å². The number of hydrogen-bond donors (Lipinski definition) is 2. The van der Waals surface area contributed by atoms with Crippen molar-refractivity contribution in [2.24, 2.45) is 4.99 Å². The lowest BCUT2D eigenvalue weighted by molar-refractivity contribution is -0.118. The second-order valence-electron chi connectivity index (χ2n) is 6.98. The maximum absolute atomic E-state index is 12.3. The molecule has 0 atom stereocenters. The Morgan fingerprint density at radius 2 is 1.97 bits per heavy atom. The maximum Gasteiger partial charge on any atom is 0.286 e. The Balaban J connectivity index is 1.74. The molecule has 0 saturated heterocycles. The van der Waals surface area contributed by atoms with E-state index in [1.807, 2.05) is 32.0 Å². The summed E-state index contributed by atoms with van der Waals surface area (Å²) >= 11 is 4.54. The molecule has 0 spiro atoms. The van der Waals surface area contributed by atoms with Gasteiger partial charge in [-0.05, 0) is 83.0 Å². The first-order valence-electron chi connectivity index (χ1n) is 10.0. The van der Waals surface area contributed by atoms with Crippen LogP contribution >= 0.6 is 27.7 Å². The second kappa shape index (κ2) is 11.2. The number of aryl methyl sites for hydroxylation is 1. The number of anilines is 1. The van der Waals surface area contributed by atoms with Crippen LogP contribution in [0.15, 0.2) is 50.8 Å². The van der Waals surface area contributed by atoms with Gasteiger partial charge in [-0.15, -0.1) is 0 Å². The number of carbonyl (C=O) groups is 3. The van der Waals surface area contributed by atoms with E-state index in [0.29, 0.717) is 38.7 Å². The molecule has 1 aliphatic rings. The number of carbonyl (C=O) groups excluding carboxylic acids is 3. The van der Waals surface area contributed by atoms with Crippen LogP contribution in [0.2, 0.25) is 0 Å². The fourth-order valence-electron chi connectivity index (χ4n) is 2.90. The van der Waals surface area contributed by atoms with Crippen LogP contribution in [0.25, 0.3) is 6.08 Å². The highest BCUT2D eigenvalue weighted by Crippen LogP contribution is 2.38. The Hall–Kier alpha value is -3.11. The molecule has 172 valence electrons. The largest absolute Gasteiger partial charge is 0.490 e. The molecule has 0 saturated carbocycles. The number of amides is 3. The van der Waals surface area contributed by atoms with Gasteiger partial charge in [0, 0.05) is 12.6 Å². The van der Waals surface area contributed by atoms with Crippen molar-refractivity contribution in [1.29, 1.82) is 0 Å². The smallest absolute Gasteiger partial charge is 0.286 e. The van der Waals surface area contributed by atoms with E-state index in [1.165, 1.54) is 6.92 Å². The van der Waals surface area contributed by atoms with Crippen LogP contribution in [0.3, 0.4) is 0 Å². The second-order valence-corrected chi connectivity index (χ2v) is 8.87. The predicted molar refractivity (Wildman–Crippen MR) is 132 cm³/mol. The molecular weight excluding hydrogens is 510 g/mol. The molecule has 2 aromatic rings. The third kappa shape index (κ3) is 6.93. The molecule has 3 amide bonds. The molecule has 2 N–H and O–H groups in total. The number of amidine groups is 1. The van der Waals surface area contributed by atoms with Gasteiger partial charge in [0.25, 0.3) is 11.8 Å². The van der Waals surface area contributed by atoms with Gasteiger partial charge in [-0.1, -0.05) is 12.1 Å². The summed E-state index contributed by atoms with van der Waals surface area (Å²) in [7, 11) is 0. The highest BCUT2D eigenvalue weighted by Gasteiger charge is 2.23. The zero-order valence-electron chi connectivity index (χ0n) is 18.2. The van der Waals surface area contributed by atoms with Gasteiger partial charge in [0.05, 0.1) is 16.0 Å². The number of nitrogens with one attached hydrogen (secondary N) is 2. The van der Waals surface area contributed by atoms with Crippen LogP contribution in [0.4, 0.5) is 5.69 Å². The Morgan fingerprint density at radius 3 is 2.67 bits per heavy atom. The van der Waals surface area contributed by atoms with Crippen LogP contribution < -0.4 is 20.1 Å². The zero-order chi connectivity index (χ0) is 24.0. The topological polar surface area (TPSA) is 106 Å². The van der Waals surface area contributed by atoms with E-state index in [2.05, 4.69) is 31.6 Å². The lowest BCUT2D eigenvalue weighted by Gasteiger charge is -2.15. The van der Waals surface area contributed by atoms with E-state index in [4.69, 9.17) is 9.47 Å². The van der Waals surface area contributed by atoms with E-state index in [1.54, 1.807) is 24.3 Å². The van der Waals surface area contributed by atoms with E-state index in [0.717, 1.165) is 17.3 Å². The fourth-order valence-corrected chi connectivity index (χ4v) is 4.33. The summed E-state index contributed by atoms with van der Waals surface area (Å²) in [6, 6.07) is 10.9. The molecule has 0 aromatic heterocycles. The molecule has 0 unspecified atom stereocenters. The Labute approximate surface area is 204 Å². The fraction of sp³-hybridized carbons (Fsp3) is 0.217. The molecule has 0 bridgehead atoms. The molecule has 33 heavy (non-hydrogen) atoms. The molecule has 0 radical (unpaired) electrons. The normalized spacial score (nSPS) is 14.1. The summed E-state index contributed by atoms with van der Waals surface area (Å²) in [5, 5.41) is 5.54. The minimum Gasteiger partial charge on any atom is -0.490 e. The third-order valence-corrected chi connectivity index (χ3v) is 5.67. The van der Waals surface area contributed by atoms with Gasteiger partial charge >= 0.3 is 0 Å². The molecule has 1 aliphatic heterocycles. The summed E-state index contributed by atoms with van der Waals surface area (Å²) in [6.45, 7) is 5.29. The first kappa shape index (κ1) is 24.5. The first-order valence-corrected chi connectivity index (χ1v) is 11.6. The summed E-state index contributed by atoms with van der Waals surface area (Å²) in [5.41, 5.74) is 2.39. The quantitative estimate of drug-likeness (QED) is 0.516. The van der Waals surface area contributed by atoms with E-state index >= 15 is 0 Å². The number of rotatable bonds is 7. The Morgan fingerprint density at radius 1 is 1.18 bits per heavy atom. The summed E-state index contributed by atoms with van der Waals surface area (Å²) in [4.78, 5) is 39.9. The van der Waals surface area contributed by atoms with Gasteiger partial charge in [0.15, 0.2) is 23.3 Å². The molecule has 1 heterocycles.